The van der Waals surface area contributed by atoms with Crippen molar-refractivity contribution in [3.05, 3.63) is 52.5 Å². The number of furan rings is 1. The summed E-state index contributed by atoms with van der Waals surface area (Å²) in [5, 5.41) is 0.944. The zero-order valence-corrected chi connectivity index (χ0v) is 20.9. The lowest BCUT2D eigenvalue weighted by atomic mass is 10.1. The Morgan fingerprint density at radius 1 is 1.09 bits per heavy atom. The van der Waals surface area contributed by atoms with Crippen molar-refractivity contribution in [3.8, 4) is 5.75 Å². The quantitative estimate of drug-likeness (QED) is 0.438. The number of nitrogens with two attached hydrogens (primary N) is 1. The van der Waals surface area contributed by atoms with Crippen molar-refractivity contribution >= 4 is 44.5 Å². The summed E-state index contributed by atoms with van der Waals surface area (Å²) >= 11 is 3.47. The molecule has 1 saturated heterocycles. The van der Waals surface area contributed by atoms with Crippen LogP contribution in [-0.4, -0.2) is 56.8 Å². The monoisotopic (exact) mass is 526 g/mol. The van der Waals surface area contributed by atoms with Crippen LogP contribution in [0.25, 0.3) is 11.0 Å². The molecular weight excluding hydrogens is 496 g/mol. The van der Waals surface area contributed by atoms with Gasteiger partial charge in [0.25, 0.3) is 0 Å². The van der Waals surface area contributed by atoms with E-state index in [4.69, 9.17) is 14.9 Å². The first-order chi connectivity index (χ1) is 16.6. The molecule has 5 rings (SSSR count). The highest BCUT2D eigenvalue weighted by Crippen LogP contribution is 2.36. The van der Waals surface area contributed by atoms with Gasteiger partial charge >= 0.3 is 6.03 Å². The van der Waals surface area contributed by atoms with Crippen LogP contribution in [0.15, 0.2) is 51.4 Å². The van der Waals surface area contributed by atoms with Gasteiger partial charge in [-0.2, -0.15) is 0 Å². The predicted molar refractivity (Wildman–Crippen MR) is 139 cm³/mol. The first-order valence-electron chi connectivity index (χ1n) is 12.1. The Bertz CT molecular complexity index is 1160. The third-order valence-electron chi connectivity index (χ3n) is 6.73. The highest BCUT2D eigenvalue weighted by Gasteiger charge is 2.22. The van der Waals surface area contributed by atoms with Crippen LogP contribution < -0.4 is 20.3 Å². The van der Waals surface area contributed by atoms with Crippen LogP contribution in [0.4, 0.5) is 16.4 Å². The predicted octanol–water partition coefficient (Wildman–Crippen LogP) is 5.01. The Balaban J connectivity index is 1.13. The molecule has 8 heteroatoms. The molecule has 0 unspecified atom stereocenters. The summed E-state index contributed by atoms with van der Waals surface area (Å²) in [4.78, 5) is 18.6. The second kappa shape index (κ2) is 10.3. The molecule has 0 saturated carbocycles. The smallest absolute Gasteiger partial charge is 0.321 e. The molecule has 0 spiro atoms. The Hall–Kier alpha value is -2.71. The summed E-state index contributed by atoms with van der Waals surface area (Å²) in [5.41, 5.74) is 8.98. The number of amides is 2. The maximum atomic E-state index is 12.1. The first kappa shape index (κ1) is 23.1. The second-order valence-corrected chi connectivity index (χ2v) is 9.93. The number of urea groups is 1. The number of halogens is 1. The van der Waals surface area contributed by atoms with Gasteiger partial charge in [0.05, 0.1) is 12.3 Å². The Kier molecular flexibility index (Phi) is 6.97. The third kappa shape index (κ3) is 5.03. The fourth-order valence-corrected chi connectivity index (χ4v) is 5.33. The Labute approximate surface area is 208 Å². The maximum Gasteiger partial charge on any atom is 0.321 e. The molecule has 3 heterocycles. The van der Waals surface area contributed by atoms with E-state index in [-0.39, 0.29) is 0 Å². The number of carbonyl (C=O) groups excluding carboxylic acids is 1. The van der Waals surface area contributed by atoms with Crippen LogP contribution in [0.2, 0.25) is 0 Å². The topological polar surface area (TPSA) is 75.2 Å². The number of rotatable bonds is 7. The molecule has 0 radical (unpaired) electrons. The zero-order valence-electron chi connectivity index (χ0n) is 19.3. The fourth-order valence-electron chi connectivity index (χ4n) is 4.95. The van der Waals surface area contributed by atoms with Gasteiger partial charge in [0.1, 0.15) is 11.3 Å². The van der Waals surface area contributed by atoms with Crippen molar-refractivity contribution in [1.29, 1.82) is 0 Å². The van der Waals surface area contributed by atoms with Crippen molar-refractivity contribution in [2.75, 3.05) is 55.7 Å². The van der Waals surface area contributed by atoms with Crippen LogP contribution >= 0.6 is 15.9 Å². The average molecular weight is 527 g/mol. The van der Waals surface area contributed by atoms with Gasteiger partial charge < -0.3 is 24.7 Å². The number of benzene rings is 2. The van der Waals surface area contributed by atoms with Gasteiger partial charge in [-0.25, -0.2) is 4.79 Å². The van der Waals surface area contributed by atoms with Gasteiger partial charge in [-0.3, -0.25) is 4.90 Å². The minimum atomic E-state index is -0.485. The van der Waals surface area contributed by atoms with Crippen molar-refractivity contribution in [1.82, 2.24) is 4.90 Å². The second-order valence-electron chi connectivity index (χ2n) is 9.01. The largest absolute Gasteiger partial charge is 0.491 e. The zero-order chi connectivity index (χ0) is 23.5. The van der Waals surface area contributed by atoms with Crippen LogP contribution in [0.1, 0.15) is 24.8 Å². The van der Waals surface area contributed by atoms with Gasteiger partial charge in [0.15, 0.2) is 0 Å². The number of para-hydroxylation sites is 1. The van der Waals surface area contributed by atoms with Gasteiger partial charge in [-0.1, -0.05) is 28.1 Å². The molecule has 34 heavy (non-hydrogen) atoms. The molecule has 1 aromatic heterocycles. The SMILES string of the molecule is NC(=O)N(CCCCN1CCCN(c2cccc3c2OCC3)CC1)c1cc2cc(Br)ccc2o1. The van der Waals surface area contributed by atoms with Gasteiger partial charge in [-0.15, -0.1) is 0 Å². The Morgan fingerprint density at radius 3 is 2.88 bits per heavy atom. The molecule has 2 aliphatic rings. The molecule has 0 bridgehead atoms. The molecule has 180 valence electrons. The number of nitrogens with zero attached hydrogens (tertiary/aromatic N) is 3. The number of unbranched alkanes of at least 4 members (excludes halogenated alkanes) is 1. The van der Waals surface area contributed by atoms with E-state index in [0.29, 0.717) is 12.4 Å². The number of fused-ring (bicyclic) bond motifs is 2. The number of primary amides is 1. The number of hydrogen-bond donors (Lipinski definition) is 1. The van der Waals surface area contributed by atoms with E-state index in [1.165, 1.54) is 16.2 Å². The molecule has 2 aliphatic heterocycles. The molecule has 0 atom stereocenters. The standard InChI is InChI=1S/C26H31BrN4O3/c27-21-7-8-23-20(17-21)18-24(34-23)31(26(28)32)13-2-1-10-29-11-4-12-30(15-14-29)22-6-3-5-19-9-16-33-25(19)22/h3,5-8,17-18H,1-2,4,9-16H2,(H2,28,32). The van der Waals surface area contributed by atoms with Crippen molar-refractivity contribution in [3.63, 3.8) is 0 Å². The minimum Gasteiger partial charge on any atom is -0.491 e. The lowest BCUT2D eigenvalue weighted by Gasteiger charge is -2.25. The van der Waals surface area contributed by atoms with E-state index in [9.17, 15) is 4.79 Å². The molecule has 1 fully saturated rings. The molecule has 2 N–H and O–H groups in total. The van der Waals surface area contributed by atoms with Crippen molar-refractivity contribution in [2.24, 2.45) is 5.73 Å². The number of carbonyl (C=O) groups is 1. The molecule has 7 nitrogen and oxygen atoms in total. The fraction of sp³-hybridized carbons (Fsp3) is 0.423. The number of hydrogen-bond acceptors (Lipinski definition) is 5. The molecule has 2 aromatic carbocycles. The van der Waals surface area contributed by atoms with E-state index in [1.54, 1.807) is 0 Å². The van der Waals surface area contributed by atoms with E-state index in [2.05, 4.69) is 43.9 Å². The lowest BCUT2D eigenvalue weighted by Crippen LogP contribution is -2.37. The lowest BCUT2D eigenvalue weighted by molar-refractivity contribution is 0.252. The van der Waals surface area contributed by atoms with E-state index >= 15 is 0 Å². The van der Waals surface area contributed by atoms with Gasteiger partial charge in [0, 0.05) is 48.5 Å². The number of ether oxygens (including phenoxy) is 1. The third-order valence-corrected chi connectivity index (χ3v) is 7.22. The first-order valence-corrected chi connectivity index (χ1v) is 12.9. The van der Waals surface area contributed by atoms with Crippen molar-refractivity contribution < 1.29 is 13.9 Å². The summed E-state index contributed by atoms with van der Waals surface area (Å²) in [6.07, 6.45) is 4.01. The number of anilines is 2. The van der Waals surface area contributed by atoms with Crippen LogP contribution in [-0.2, 0) is 6.42 Å². The normalized spacial score (nSPS) is 16.3. The highest BCUT2D eigenvalue weighted by atomic mass is 79.9. The van der Waals surface area contributed by atoms with Crippen LogP contribution in [0.5, 0.6) is 5.75 Å². The van der Waals surface area contributed by atoms with E-state index in [0.717, 1.165) is 86.2 Å². The summed E-state index contributed by atoms with van der Waals surface area (Å²) < 4.78 is 12.8. The molecule has 2 amide bonds. The van der Waals surface area contributed by atoms with Crippen molar-refractivity contribution in [2.45, 2.75) is 25.7 Å². The minimum absolute atomic E-state index is 0.485. The molecular formula is C26H31BrN4O3. The van der Waals surface area contributed by atoms with Gasteiger partial charge in [0.2, 0.25) is 5.88 Å². The molecule has 0 aliphatic carbocycles. The van der Waals surface area contributed by atoms with Crippen LogP contribution in [0, 0.1) is 0 Å². The summed E-state index contributed by atoms with van der Waals surface area (Å²) in [6, 6.07) is 13.7. The maximum absolute atomic E-state index is 12.1. The van der Waals surface area contributed by atoms with Crippen LogP contribution in [0.3, 0.4) is 0 Å². The average Bonchev–Trinajstić information content (AvgIpc) is 3.40. The summed E-state index contributed by atoms with van der Waals surface area (Å²) in [6.45, 7) is 6.52. The van der Waals surface area contributed by atoms with E-state index in [1.807, 2.05) is 24.3 Å². The Morgan fingerprint density at radius 2 is 2.00 bits per heavy atom. The van der Waals surface area contributed by atoms with Gasteiger partial charge in [-0.05, 0) is 62.2 Å². The molecule has 3 aromatic rings. The summed E-state index contributed by atoms with van der Waals surface area (Å²) in [7, 11) is 0. The highest BCUT2D eigenvalue weighted by molar-refractivity contribution is 9.10. The summed E-state index contributed by atoms with van der Waals surface area (Å²) in [5.74, 6) is 1.59. The van der Waals surface area contributed by atoms with E-state index < -0.39 is 6.03 Å².